The first-order valence-electron chi connectivity index (χ1n) is 5.75. The number of benzene rings is 1. The van der Waals surface area contributed by atoms with Gasteiger partial charge in [0.2, 0.25) is 0 Å². The molecule has 5 nitrogen and oxygen atoms in total. The van der Waals surface area contributed by atoms with Gasteiger partial charge in [-0.05, 0) is 5.56 Å². The summed E-state index contributed by atoms with van der Waals surface area (Å²) in [6.07, 6.45) is 3.19. The van der Waals surface area contributed by atoms with E-state index in [0.717, 1.165) is 5.56 Å². The summed E-state index contributed by atoms with van der Waals surface area (Å²) in [6, 6.07) is 10.0. The van der Waals surface area contributed by atoms with E-state index in [1.165, 1.54) is 0 Å². The van der Waals surface area contributed by atoms with Crippen LogP contribution in [0.25, 0.3) is 11.0 Å². The molecule has 0 aliphatic carbocycles. The lowest BCUT2D eigenvalue weighted by Crippen LogP contribution is -2.04. The highest BCUT2D eigenvalue weighted by Crippen LogP contribution is 2.21. The fourth-order valence-corrected chi connectivity index (χ4v) is 1.93. The number of hydrogen-bond donors (Lipinski definition) is 1. The van der Waals surface area contributed by atoms with Gasteiger partial charge in [0, 0.05) is 18.9 Å². The quantitative estimate of drug-likeness (QED) is 0.793. The second-order valence-corrected chi connectivity index (χ2v) is 4.29. The van der Waals surface area contributed by atoms with E-state index in [-0.39, 0.29) is 5.15 Å². The number of nitrogens with one attached hydrogen (secondary N) is 1. The normalized spacial score (nSPS) is 10.6. The molecule has 0 saturated carbocycles. The third-order valence-corrected chi connectivity index (χ3v) is 2.91. The summed E-state index contributed by atoms with van der Waals surface area (Å²) in [6.45, 7) is 0.642. The van der Waals surface area contributed by atoms with Gasteiger partial charge in [0.25, 0.3) is 0 Å². The fourth-order valence-electron chi connectivity index (χ4n) is 1.75. The summed E-state index contributed by atoms with van der Waals surface area (Å²) in [5, 5.41) is 11.4. The Bertz CT molecular complexity index is 702. The van der Waals surface area contributed by atoms with Crippen molar-refractivity contribution in [3.63, 3.8) is 0 Å². The molecule has 0 aliphatic rings. The SMILES string of the molecule is Clc1nnc(NCc2ccccc2)c2nccnc12. The summed E-state index contributed by atoms with van der Waals surface area (Å²) in [5.74, 6) is 0.580. The lowest BCUT2D eigenvalue weighted by Gasteiger charge is -2.07. The molecule has 1 N–H and O–H groups in total. The van der Waals surface area contributed by atoms with Crippen molar-refractivity contribution in [1.82, 2.24) is 20.2 Å². The molecule has 0 radical (unpaired) electrons. The summed E-state index contributed by atoms with van der Waals surface area (Å²) in [4.78, 5) is 8.40. The van der Waals surface area contributed by atoms with Crippen molar-refractivity contribution in [2.24, 2.45) is 0 Å². The van der Waals surface area contributed by atoms with Gasteiger partial charge in [0.15, 0.2) is 11.0 Å². The van der Waals surface area contributed by atoms with Crippen molar-refractivity contribution in [3.05, 3.63) is 53.4 Å². The number of aromatic nitrogens is 4. The molecule has 0 fully saturated rings. The average Bonchev–Trinajstić information content (AvgIpc) is 2.48. The summed E-state index contributed by atoms with van der Waals surface area (Å²) in [5.41, 5.74) is 2.32. The van der Waals surface area contributed by atoms with E-state index in [0.29, 0.717) is 23.4 Å². The third kappa shape index (κ3) is 2.46. The Balaban J connectivity index is 1.91. The van der Waals surface area contributed by atoms with Crippen LogP contribution < -0.4 is 5.32 Å². The number of anilines is 1. The minimum absolute atomic E-state index is 0.258. The van der Waals surface area contributed by atoms with Crippen LogP contribution in [-0.4, -0.2) is 20.2 Å². The van der Waals surface area contributed by atoms with Gasteiger partial charge in [-0.2, -0.15) is 0 Å². The van der Waals surface area contributed by atoms with Crippen LogP contribution in [0.5, 0.6) is 0 Å². The van der Waals surface area contributed by atoms with E-state index in [4.69, 9.17) is 11.6 Å². The topological polar surface area (TPSA) is 63.6 Å². The maximum absolute atomic E-state index is 5.94. The molecule has 1 aromatic carbocycles. The van der Waals surface area contributed by atoms with Gasteiger partial charge >= 0.3 is 0 Å². The lowest BCUT2D eigenvalue weighted by atomic mass is 10.2. The molecule has 0 saturated heterocycles. The van der Waals surface area contributed by atoms with Crippen molar-refractivity contribution < 1.29 is 0 Å². The van der Waals surface area contributed by atoms with Crippen molar-refractivity contribution in [2.75, 3.05) is 5.32 Å². The predicted molar refractivity (Wildman–Crippen MR) is 73.9 cm³/mol. The molecule has 2 aromatic heterocycles. The molecule has 2 heterocycles. The van der Waals surface area contributed by atoms with Gasteiger partial charge in [-0.25, -0.2) is 9.97 Å². The summed E-state index contributed by atoms with van der Waals surface area (Å²) >= 11 is 5.94. The van der Waals surface area contributed by atoms with Crippen LogP contribution in [0.4, 0.5) is 5.82 Å². The molecule has 19 heavy (non-hydrogen) atoms. The molecular weight excluding hydrogens is 262 g/mol. The summed E-state index contributed by atoms with van der Waals surface area (Å²) in [7, 11) is 0. The highest BCUT2D eigenvalue weighted by Gasteiger charge is 2.09. The minimum Gasteiger partial charge on any atom is -0.363 e. The first-order valence-corrected chi connectivity index (χ1v) is 6.13. The molecule has 0 amide bonds. The Kier molecular flexibility index (Phi) is 3.20. The van der Waals surface area contributed by atoms with Crippen molar-refractivity contribution in [3.8, 4) is 0 Å². The van der Waals surface area contributed by atoms with Gasteiger partial charge in [0.05, 0.1) is 0 Å². The Labute approximate surface area is 114 Å². The zero-order valence-corrected chi connectivity index (χ0v) is 10.7. The van der Waals surface area contributed by atoms with Crippen LogP contribution in [0, 0.1) is 0 Å². The van der Waals surface area contributed by atoms with Gasteiger partial charge in [0.1, 0.15) is 11.0 Å². The van der Waals surface area contributed by atoms with Crippen LogP contribution >= 0.6 is 11.6 Å². The number of hydrogen-bond acceptors (Lipinski definition) is 5. The van der Waals surface area contributed by atoms with Crippen molar-refractivity contribution in [1.29, 1.82) is 0 Å². The summed E-state index contributed by atoms with van der Waals surface area (Å²) < 4.78 is 0. The maximum Gasteiger partial charge on any atom is 0.179 e. The van der Waals surface area contributed by atoms with Crippen LogP contribution in [0.3, 0.4) is 0 Å². The van der Waals surface area contributed by atoms with Crippen molar-refractivity contribution in [2.45, 2.75) is 6.54 Å². The molecule has 0 unspecified atom stereocenters. The van der Waals surface area contributed by atoms with E-state index in [2.05, 4.69) is 25.5 Å². The number of halogens is 1. The Morgan fingerprint density at radius 3 is 2.47 bits per heavy atom. The molecule has 0 spiro atoms. The van der Waals surface area contributed by atoms with Crippen LogP contribution in [0.15, 0.2) is 42.7 Å². The van der Waals surface area contributed by atoms with E-state index >= 15 is 0 Å². The van der Waals surface area contributed by atoms with Gasteiger partial charge < -0.3 is 5.32 Å². The lowest BCUT2D eigenvalue weighted by molar-refractivity contribution is 1.00. The second-order valence-electron chi connectivity index (χ2n) is 3.93. The average molecular weight is 272 g/mol. The third-order valence-electron chi connectivity index (χ3n) is 2.66. The molecular formula is C13H10ClN5. The van der Waals surface area contributed by atoms with Gasteiger partial charge in [-0.15, -0.1) is 10.2 Å². The molecule has 0 atom stereocenters. The number of fused-ring (bicyclic) bond motifs is 1. The smallest absolute Gasteiger partial charge is 0.179 e. The highest BCUT2D eigenvalue weighted by atomic mass is 35.5. The molecule has 6 heteroatoms. The van der Waals surface area contributed by atoms with Crippen LogP contribution in [-0.2, 0) is 6.54 Å². The zero-order chi connectivity index (χ0) is 13.1. The van der Waals surface area contributed by atoms with E-state index in [1.54, 1.807) is 12.4 Å². The first kappa shape index (κ1) is 11.8. The molecule has 3 aromatic rings. The first-order chi connectivity index (χ1) is 9.34. The highest BCUT2D eigenvalue weighted by molar-refractivity contribution is 6.33. The maximum atomic E-state index is 5.94. The van der Waals surface area contributed by atoms with Gasteiger partial charge in [-0.3, -0.25) is 0 Å². The largest absolute Gasteiger partial charge is 0.363 e. The van der Waals surface area contributed by atoms with Crippen LogP contribution in [0.2, 0.25) is 5.15 Å². The molecule has 3 rings (SSSR count). The Morgan fingerprint density at radius 1 is 0.947 bits per heavy atom. The zero-order valence-electron chi connectivity index (χ0n) is 9.92. The Morgan fingerprint density at radius 2 is 1.68 bits per heavy atom. The van der Waals surface area contributed by atoms with E-state index in [9.17, 15) is 0 Å². The molecule has 94 valence electrons. The molecule has 0 bridgehead atoms. The number of nitrogens with zero attached hydrogens (tertiary/aromatic N) is 4. The monoisotopic (exact) mass is 271 g/mol. The second kappa shape index (κ2) is 5.16. The van der Waals surface area contributed by atoms with Crippen molar-refractivity contribution >= 4 is 28.5 Å². The standard InChI is InChI=1S/C13H10ClN5/c14-12-10-11(16-7-6-15-10)13(19-18-12)17-8-9-4-2-1-3-5-9/h1-7H,8H2,(H,17,19). The van der Waals surface area contributed by atoms with E-state index < -0.39 is 0 Å². The van der Waals surface area contributed by atoms with Gasteiger partial charge in [-0.1, -0.05) is 41.9 Å². The molecule has 0 aliphatic heterocycles. The fraction of sp³-hybridized carbons (Fsp3) is 0.0769. The minimum atomic E-state index is 0.258. The van der Waals surface area contributed by atoms with E-state index in [1.807, 2.05) is 30.3 Å². The Hall–Kier alpha value is -2.27. The predicted octanol–water partition coefficient (Wildman–Crippen LogP) is 2.69. The van der Waals surface area contributed by atoms with Crippen LogP contribution in [0.1, 0.15) is 5.56 Å². The number of rotatable bonds is 3.